The van der Waals surface area contributed by atoms with E-state index in [0.29, 0.717) is 0 Å². The van der Waals surface area contributed by atoms with Crippen LogP contribution in [0.15, 0.2) is 48.5 Å². The molecule has 3 aromatic rings. The standard InChI is InChI=1S/C19H17ClN2.2ClH/c20-14-8-9-18-15(11-14)19(13-5-2-1-3-6-13)16-12-21-10-4-7-17(16)22-18;;/h1-3,5-6,8-9,11,21H,4,7,10,12H2;2*1H. The Morgan fingerprint density at radius 1 is 1.00 bits per heavy atom. The van der Waals surface area contributed by atoms with Gasteiger partial charge in [-0.2, -0.15) is 0 Å². The van der Waals surface area contributed by atoms with Crippen molar-refractivity contribution < 1.29 is 0 Å². The average molecular weight is 382 g/mol. The lowest BCUT2D eigenvalue weighted by Gasteiger charge is -2.16. The fourth-order valence-electron chi connectivity index (χ4n) is 3.25. The van der Waals surface area contributed by atoms with Crippen molar-refractivity contribution in [2.24, 2.45) is 0 Å². The molecular formula is C19H19Cl3N2. The van der Waals surface area contributed by atoms with E-state index in [0.717, 1.165) is 41.9 Å². The van der Waals surface area contributed by atoms with E-state index in [-0.39, 0.29) is 24.8 Å². The Labute approximate surface area is 159 Å². The van der Waals surface area contributed by atoms with E-state index in [1.54, 1.807) is 0 Å². The Morgan fingerprint density at radius 2 is 1.79 bits per heavy atom. The van der Waals surface area contributed by atoms with Crippen LogP contribution in [0.2, 0.25) is 5.02 Å². The van der Waals surface area contributed by atoms with Crippen LogP contribution in [0.3, 0.4) is 0 Å². The summed E-state index contributed by atoms with van der Waals surface area (Å²) >= 11 is 6.25. The molecule has 1 aliphatic rings. The third kappa shape index (κ3) is 3.52. The zero-order valence-corrected chi connectivity index (χ0v) is 15.5. The second-order valence-electron chi connectivity index (χ2n) is 5.72. The lowest BCUT2D eigenvalue weighted by molar-refractivity contribution is 0.680. The molecule has 2 aromatic carbocycles. The summed E-state index contributed by atoms with van der Waals surface area (Å²) in [6.45, 7) is 1.91. The Balaban J connectivity index is 0.00000104. The van der Waals surface area contributed by atoms with Gasteiger partial charge in [0, 0.05) is 22.6 Å². The SMILES string of the molecule is Cl.Cl.Clc1ccc2nc3c(c(-c4ccccc4)c2c1)CNCCC3. The molecule has 1 aliphatic heterocycles. The van der Waals surface area contributed by atoms with Crippen molar-refractivity contribution in [2.45, 2.75) is 19.4 Å². The number of rotatable bonds is 1. The number of aryl methyl sites for hydroxylation is 1. The first-order valence-electron chi connectivity index (χ1n) is 7.70. The van der Waals surface area contributed by atoms with Gasteiger partial charge in [0.1, 0.15) is 0 Å². The monoisotopic (exact) mass is 380 g/mol. The van der Waals surface area contributed by atoms with Crippen molar-refractivity contribution >= 4 is 47.3 Å². The molecule has 0 amide bonds. The number of nitrogens with one attached hydrogen (secondary N) is 1. The number of fused-ring (bicyclic) bond motifs is 2. The maximum Gasteiger partial charge on any atom is 0.0712 e. The van der Waals surface area contributed by atoms with Crippen LogP contribution in [0.5, 0.6) is 0 Å². The highest BCUT2D eigenvalue weighted by atomic mass is 35.5. The Hall–Kier alpha value is -1.32. The number of hydrogen-bond donors (Lipinski definition) is 1. The molecule has 5 heteroatoms. The van der Waals surface area contributed by atoms with E-state index in [2.05, 4.69) is 35.6 Å². The van der Waals surface area contributed by atoms with Gasteiger partial charge in [0.25, 0.3) is 0 Å². The highest BCUT2D eigenvalue weighted by molar-refractivity contribution is 6.31. The topological polar surface area (TPSA) is 24.9 Å². The van der Waals surface area contributed by atoms with Crippen LogP contribution in [-0.2, 0) is 13.0 Å². The molecule has 0 unspecified atom stereocenters. The largest absolute Gasteiger partial charge is 0.313 e. The Morgan fingerprint density at radius 3 is 2.58 bits per heavy atom. The second-order valence-corrected chi connectivity index (χ2v) is 6.16. The van der Waals surface area contributed by atoms with Crippen LogP contribution < -0.4 is 5.32 Å². The number of hydrogen-bond acceptors (Lipinski definition) is 2. The van der Waals surface area contributed by atoms with Crippen molar-refractivity contribution in [1.29, 1.82) is 0 Å². The summed E-state index contributed by atoms with van der Waals surface area (Å²) in [5.41, 5.74) is 6.08. The molecule has 0 saturated carbocycles. The highest BCUT2D eigenvalue weighted by Crippen LogP contribution is 2.35. The second kappa shape index (κ2) is 8.17. The molecule has 0 radical (unpaired) electrons. The Bertz CT molecular complexity index is 835. The van der Waals surface area contributed by atoms with Gasteiger partial charge in [-0.1, -0.05) is 41.9 Å². The molecule has 2 heterocycles. The van der Waals surface area contributed by atoms with E-state index in [1.165, 1.54) is 22.4 Å². The maximum absolute atomic E-state index is 6.25. The molecule has 0 saturated heterocycles. The highest BCUT2D eigenvalue weighted by Gasteiger charge is 2.18. The molecule has 24 heavy (non-hydrogen) atoms. The molecule has 0 bridgehead atoms. The van der Waals surface area contributed by atoms with Gasteiger partial charge < -0.3 is 5.32 Å². The van der Waals surface area contributed by atoms with Crippen LogP contribution in [0, 0.1) is 0 Å². The molecular weight excluding hydrogens is 363 g/mol. The van der Waals surface area contributed by atoms with E-state index in [1.807, 2.05) is 18.2 Å². The quantitative estimate of drug-likeness (QED) is 0.607. The van der Waals surface area contributed by atoms with Crippen LogP contribution in [0.4, 0.5) is 0 Å². The van der Waals surface area contributed by atoms with E-state index in [4.69, 9.17) is 16.6 Å². The summed E-state index contributed by atoms with van der Waals surface area (Å²) in [5, 5.41) is 5.42. The molecule has 2 nitrogen and oxygen atoms in total. The number of halogens is 3. The maximum atomic E-state index is 6.25. The minimum atomic E-state index is 0. The fourth-order valence-corrected chi connectivity index (χ4v) is 3.42. The normalized spacial score (nSPS) is 13.4. The third-order valence-corrected chi connectivity index (χ3v) is 4.50. The fraction of sp³-hybridized carbons (Fsp3) is 0.211. The molecule has 1 N–H and O–H groups in total. The summed E-state index contributed by atoms with van der Waals surface area (Å²) in [5.74, 6) is 0. The van der Waals surface area contributed by atoms with Gasteiger partial charge in [0.2, 0.25) is 0 Å². The first kappa shape index (κ1) is 19.0. The van der Waals surface area contributed by atoms with Crippen molar-refractivity contribution in [1.82, 2.24) is 10.3 Å². The van der Waals surface area contributed by atoms with Crippen LogP contribution in [0.1, 0.15) is 17.7 Å². The molecule has 0 fully saturated rings. The molecule has 4 rings (SSSR count). The van der Waals surface area contributed by atoms with Gasteiger partial charge in [-0.3, -0.25) is 4.98 Å². The minimum Gasteiger partial charge on any atom is -0.313 e. The summed E-state index contributed by atoms with van der Waals surface area (Å²) < 4.78 is 0. The van der Waals surface area contributed by atoms with Crippen molar-refractivity contribution in [2.75, 3.05) is 6.54 Å². The van der Waals surface area contributed by atoms with Gasteiger partial charge in [-0.15, -0.1) is 24.8 Å². The van der Waals surface area contributed by atoms with Crippen molar-refractivity contribution in [3.8, 4) is 11.1 Å². The van der Waals surface area contributed by atoms with E-state index >= 15 is 0 Å². The average Bonchev–Trinajstić information content (AvgIpc) is 2.78. The predicted molar refractivity (Wildman–Crippen MR) is 107 cm³/mol. The predicted octanol–water partition coefficient (Wildman–Crippen LogP) is 5.43. The number of nitrogens with zero attached hydrogens (tertiary/aromatic N) is 1. The van der Waals surface area contributed by atoms with Gasteiger partial charge >= 0.3 is 0 Å². The molecule has 126 valence electrons. The molecule has 0 aliphatic carbocycles. The van der Waals surface area contributed by atoms with Crippen molar-refractivity contribution in [3.05, 3.63) is 64.8 Å². The van der Waals surface area contributed by atoms with Crippen LogP contribution >= 0.6 is 36.4 Å². The van der Waals surface area contributed by atoms with E-state index < -0.39 is 0 Å². The van der Waals surface area contributed by atoms with Crippen LogP contribution in [-0.4, -0.2) is 11.5 Å². The lowest BCUT2D eigenvalue weighted by atomic mass is 9.93. The Kier molecular flexibility index (Phi) is 6.47. The summed E-state index contributed by atoms with van der Waals surface area (Å²) in [4.78, 5) is 4.90. The van der Waals surface area contributed by atoms with Gasteiger partial charge in [-0.05, 0) is 54.3 Å². The van der Waals surface area contributed by atoms with Gasteiger partial charge in [0.15, 0.2) is 0 Å². The number of benzene rings is 2. The molecule has 0 atom stereocenters. The number of pyridine rings is 1. The minimum absolute atomic E-state index is 0. The smallest absolute Gasteiger partial charge is 0.0712 e. The van der Waals surface area contributed by atoms with Crippen molar-refractivity contribution in [3.63, 3.8) is 0 Å². The lowest BCUT2D eigenvalue weighted by Crippen LogP contribution is -2.13. The first-order chi connectivity index (χ1) is 10.8. The summed E-state index contributed by atoms with van der Waals surface area (Å²) in [7, 11) is 0. The summed E-state index contributed by atoms with van der Waals surface area (Å²) in [6.07, 6.45) is 2.16. The van der Waals surface area contributed by atoms with Crippen LogP contribution in [0.25, 0.3) is 22.0 Å². The molecule has 1 aromatic heterocycles. The number of aromatic nitrogens is 1. The zero-order chi connectivity index (χ0) is 14.9. The van der Waals surface area contributed by atoms with Gasteiger partial charge in [0.05, 0.1) is 5.52 Å². The van der Waals surface area contributed by atoms with Gasteiger partial charge in [-0.25, -0.2) is 0 Å². The summed E-state index contributed by atoms with van der Waals surface area (Å²) in [6, 6.07) is 16.6. The molecule has 0 spiro atoms. The van der Waals surface area contributed by atoms with E-state index in [9.17, 15) is 0 Å². The third-order valence-electron chi connectivity index (χ3n) is 4.26. The zero-order valence-electron chi connectivity index (χ0n) is 13.1. The first-order valence-corrected chi connectivity index (χ1v) is 8.08.